The van der Waals surface area contributed by atoms with E-state index in [1.54, 1.807) is 0 Å². The number of tetrazole rings is 1. The lowest BCUT2D eigenvalue weighted by atomic mass is 9.99. The number of aryl methyl sites for hydroxylation is 1. The Bertz CT molecular complexity index is 615. The Hall–Kier alpha value is -1.50. The predicted molar refractivity (Wildman–Crippen MR) is 93.9 cm³/mol. The molecule has 5 atom stereocenters. The number of nitrogens with zero attached hydrogens (tertiary/aromatic N) is 6. The van der Waals surface area contributed by atoms with Gasteiger partial charge in [0.15, 0.2) is 5.82 Å². The largest absolute Gasteiger partial charge is 0.342 e. The lowest BCUT2D eigenvalue weighted by Crippen LogP contribution is -2.40. The van der Waals surface area contributed by atoms with E-state index in [4.69, 9.17) is 0 Å². The molecule has 2 heterocycles. The van der Waals surface area contributed by atoms with Gasteiger partial charge in [-0.25, -0.2) is 4.68 Å². The van der Waals surface area contributed by atoms with E-state index < -0.39 is 0 Å². The molecule has 7 nitrogen and oxygen atoms in total. The third-order valence-corrected chi connectivity index (χ3v) is 6.87. The molecule has 0 aromatic carbocycles. The molecule has 2 fully saturated rings. The molecule has 1 aromatic heterocycles. The molecule has 1 amide bonds. The summed E-state index contributed by atoms with van der Waals surface area (Å²) in [6.45, 7) is 0.829. The molecular formula is C18H30N6O. The van der Waals surface area contributed by atoms with Gasteiger partial charge in [0.1, 0.15) is 0 Å². The minimum absolute atomic E-state index is 0.169. The van der Waals surface area contributed by atoms with Crippen LogP contribution in [0.1, 0.15) is 56.7 Å². The summed E-state index contributed by atoms with van der Waals surface area (Å²) < 4.78 is 1.83. The van der Waals surface area contributed by atoms with Gasteiger partial charge in [-0.1, -0.05) is 6.42 Å². The number of carbonyl (C=O) groups excluding carboxylic acids is 1. The van der Waals surface area contributed by atoms with Gasteiger partial charge in [-0.3, -0.25) is 4.79 Å². The number of likely N-dealkylation sites (N-methyl/N-ethyl adjacent to an activating group) is 1. The average Bonchev–Trinajstić information content (AvgIpc) is 3.25. The van der Waals surface area contributed by atoms with Crippen molar-refractivity contribution in [1.82, 2.24) is 30.0 Å². The molecule has 138 valence electrons. The van der Waals surface area contributed by atoms with Crippen LogP contribution in [0.15, 0.2) is 0 Å². The molecule has 7 heteroatoms. The van der Waals surface area contributed by atoms with Crippen molar-refractivity contribution in [2.75, 3.05) is 21.1 Å². The minimum atomic E-state index is -0.169. The molecule has 1 aromatic rings. The minimum Gasteiger partial charge on any atom is -0.342 e. The third-order valence-electron chi connectivity index (χ3n) is 6.87. The van der Waals surface area contributed by atoms with Crippen LogP contribution in [-0.2, 0) is 11.3 Å². The first kappa shape index (κ1) is 16.9. The summed E-state index contributed by atoms with van der Waals surface area (Å²) in [5.74, 6) is 2.38. The molecule has 0 N–H and O–H groups in total. The number of hydrogen-bond donors (Lipinski definition) is 0. The summed E-state index contributed by atoms with van der Waals surface area (Å²) in [6, 6.07) is 1.11. The maximum Gasteiger partial charge on any atom is 0.233 e. The fourth-order valence-electron chi connectivity index (χ4n) is 5.31. The lowest BCUT2D eigenvalue weighted by Gasteiger charge is -2.29. The van der Waals surface area contributed by atoms with E-state index >= 15 is 0 Å². The Morgan fingerprint density at radius 1 is 1.04 bits per heavy atom. The number of amides is 1. The van der Waals surface area contributed by atoms with Crippen molar-refractivity contribution < 1.29 is 4.79 Å². The monoisotopic (exact) mass is 346 g/mol. The zero-order valence-corrected chi connectivity index (χ0v) is 15.6. The summed E-state index contributed by atoms with van der Waals surface area (Å²) in [4.78, 5) is 17.6. The van der Waals surface area contributed by atoms with E-state index in [2.05, 4.69) is 34.5 Å². The van der Waals surface area contributed by atoms with Crippen LogP contribution in [-0.4, -0.2) is 69.1 Å². The second-order valence-electron chi connectivity index (χ2n) is 8.49. The molecule has 0 saturated heterocycles. The van der Waals surface area contributed by atoms with Crippen LogP contribution in [0.25, 0.3) is 0 Å². The van der Waals surface area contributed by atoms with Gasteiger partial charge in [0, 0.05) is 25.7 Å². The van der Waals surface area contributed by atoms with Gasteiger partial charge in [-0.2, -0.15) is 0 Å². The lowest BCUT2D eigenvalue weighted by molar-refractivity contribution is -0.134. The molecule has 0 spiro atoms. The van der Waals surface area contributed by atoms with E-state index in [9.17, 15) is 4.79 Å². The normalized spacial score (nSPS) is 34.6. The Morgan fingerprint density at radius 2 is 1.72 bits per heavy atom. The van der Waals surface area contributed by atoms with Crippen LogP contribution in [0.3, 0.4) is 0 Å². The highest BCUT2D eigenvalue weighted by Gasteiger charge is 2.45. The Labute approximate surface area is 149 Å². The van der Waals surface area contributed by atoms with Crippen LogP contribution in [0.4, 0.5) is 0 Å². The van der Waals surface area contributed by atoms with Crippen molar-refractivity contribution >= 4 is 5.91 Å². The molecule has 25 heavy (non-hydrogen) atoms. The molecule has 3 aliphatic rings. The summed E-state index contributed by atoms with van der Waals surface area (Å²) >= 11 is 0. The molecule has 2 saturated carbocycles. The first-order chi connectivity index (χ1) is 12.0. The first-order valence-corrected chi connectivity index (χ1v) is 9.73. The van der Waals surface area contributed by atoms with Gasteiger partial charge < -0.3 is 9.80 Å². The van der Waals surface area contributed by atoms with Crippen LogP contribution in [0.2, 0.25) is 0 Å². The van der Waals surface area contributed by atoms with Crippen LogP contribution in [0.5, 0.6) is 0 Å². The Balaban J connectivity index is 1.43. The van der Waals surface area contributed by atoms with Crippen LogP contribution < -0.4 is 0 Å². The standard InChI is InChI=1S/C18H30N6O/c1-22(2)14-8-12-10-15(11-13(12)9-14)23(3)18(25)16-6-4-5-7-24-17(16)19-20-21-24/h12-16H,4-11H2,1-3H3/t12-,13+,14?,15?,16?. The van der Waals surface area contributed by atoms with Crippen LogP contribution in [0, 0.1) is 11.8 Å². The van der Waals surface area contributed by atoms with Crippen molar-refractivity contribution in [3.05, 3.63) is 5.82 Å². The summed E-state index contributed by atoms with van der Waals surface area (Å²) in [7, 11) is 6.38. The van der Waals surface area contributed by atoms with E-state index in [-0.39, 0.29) is 11.8 Å². The highest BCUT2D eigenvalue weighted by Crippen LogP contribution is 2.47. The summed E-state index contributed by atoms with van der Waals surface area (Å²) in [5, 5.41) is 12.0. The topological polar surface area (TPSA) is 67.2 Å². The third kappa shape index (κ3) is 3.07. The number of rotatable bonds is 3. The fraction of sp³-hybridized carbons (Fsp3) is 0.889. The predicted octanol–water partition coefficient (Wildman–Crippen LogP) is 1.52. The van der Waals surface area contributed by atoms with Crippen molar-refractivity contribution in [3.8, 4) is 0 Å². The van der Waals surface area contributed by atoms with E-state index in [0.717, 1.165) is 62.4 Å². The van der Waals surface area contributed by atoms with Gasteiger partial charge in [-0.05, 0) is 74.9 Å². The zero-order valence-electron chi connectivity index (χ0n) is 15.6. The van der Waals surface area contributed by atoms with Crippen molar-refractivity contribution in [2.24, 2.45) is 11.8 Å². The maximum atomic E-state index is 13.2. The van der Waals surface area contributed by atoms with E-state index in [1.165, 1.54) is 12.8 Å². The fourth-order valence-corrected chi connectivity index (χ4v) is 5.31. The van der Waals surface area contributed by atoms with Gasteiger partial charge in [-0.15, -0.1) is 5.10 Å². The second-order valence-corrected chi connectivity index (χ2v) is 8.49. The Morgan fingerprint density at radius 3 is 2.40 bits per heavy atom. The molecular weight excluding hydrogens is 316 g/mol. The highest BCUT2D eigenvalue weighted by molar-refractivity contribution is 5.83. The smallest absolute Gasteiger partial charge is 0.233 e. The first-order valence-electron chi connectivity index (χ1n) is 9.73. The maximum absolute atomic E-state index is 13.2. The van der Waals surface area contributed by atoms with Gasteiger partial charge in [0.2, 0.25) is 5.91 Å². The van der Waals surface area contributed by atoms with Gasteiger partial charge in [0.25, 0.3) is 0 Å². The molecule has 4 rings (SSSR count). The number of aromatic nitrogens is 4. The van der Waals surface area contributed by atoms with Crippen molar-refractivity contribution in [3.63, 3.8) is 0 Å². The number of carbonyl (C=O) groups is 1. The average molecular weight is 346 g/mol. The van der Waals surface area contributed by atoms with E-state index in [0.29, 0.717) is 6.04 Å². The van der Waals surface area contributed by atoms with Crippen molar-refractivity contribution in [2.45, 2.75) is 69.5 Å². The molecule has 2 aliphatic carbocycles. The molecule has 1 aliphatic heterocycles. The number of hydrogen-bond acceptors (Lipinski definition) is 5. The second kappa shape index (κ2) is 6.67. The highest BCUT2D eigenvalue weighted by atomic mass is 16.2. The molecule has 0 bridgehead atoms. The summed E-state index contributed by atoms with van der Waals surface area (Å²) in [6.07, 6.45) is 7.87. The van der Waals surface area contributed by atoms with Crippen LogP contribution >= 0.6 is 0 Å². The van der Waals surface area contributed by atoms with Gasteiger partial charge >= 0.3 is 0 Å². The van der Waals surface area contributed by atoms with Crippen molar-refractivity contribution in [1.29, 1.82) is 0 Å². The quantitative estimate of drug-likeness (QED) is 0.830. The Kier molecular flexibility index (Phi) is 4.52. The summed E-state index contributed by atoms with van der Waals surface area (Å²) in [5.41, 5.74) is 0. The van der Waals surface area contributed by atoms with Gasteiger partial charge in [0.05, 0.1) is 5.92 Å². The number of fused-ring (bicyclic) bond motifs is 2. The molecule has 3 unspecified atom stereocenters. The molecule has 0 radical (unpaired) electrons. The zero-order chi connectivity index (χ0) is 17.6. The van der Waals surface area contributed by atoms with E-state index in [1.807, 2.05) is 16.6 Å². The SMILES string of the molecule is CN(C)C1C[C@@H]2CC(N(C)C(=O)C3CCCCn4nnnc43)C[C@@H]2C1.